The summed E-state index contributed by atoms with van der Waals surface area (Å²) in [5.74, 6) is 1.89. The van der Waals surface area contributed by atoms with Crippen molar-refractivity contribution in [3.8, 4) is 0 Å². The van der Waals surface area contributed by atoms with E-state index in [2.05, 4.69) is 42.7 Å². The summed E-state index contributed by atoms with van der Waals surface area (Å²) in [6.07, 6.45) is 0. The van der Waals surface area contributed by atoms with Gasteiger partial charge in [0.05, 0.1) is 0 Å². The van der Waals surface area contributed by atoms with Crippen LogP contribution in [0, 0.1) is 20.8 Å². The first-order valence-corrected chi connectivity index (χ1v) is 4.98. The van der Waals surface area contributed by atoms with Crippen molar-refractivity contribution in [2.45, 2.75) is 40.7 Å². The third-order valence-electron chi connectivity index (χ3n) is 2.58. The number of nitrogens with zero attached hydrogens (tertiary/aromatic N) is 3. The molecular formula is C11H19N3. The molecular weight excluding hydrogens is 174 g/mol. The van der Waals surface area contributed by atoms with E-state index in [4.69, 9.17) is 0 Å². The lowest BCUT2D eigenvalue weighted by atomic mass is 10.2. The maximum atomic E-state index is 4.47. The molecule has 0 atom stereocenters. The van der Waals surface area contributed by atoms with Gasteiger partial charge in [-0.05, 0) is 34.6 Å². The molecule has 3 heteroatoms. The molecule has 0 N–H and O–H groups in total. The molecule has 78 valence electrons. The average Bonchev–Trinajstić information content (AvgIpc) is 2.09. The predicted octanol–water partition coefficient (Wildman–Crippen LogP) is 2.25. The summed E-state index contributed by atoms with van der Waals surface area (Å²) >= 11 is 0. The van der Waals surface area contributed by atoms with Gasteiger partial charge in [0, 0.05) is 24.3 Å². The molecule has 3 nitrogen and oxygen atoms in total. The van der Waals surface area contributed by atoms with E-state index in [1.807, 2.05) is 13.8 Å². The van der Waals surface area contributed by atoms with E-state index in [1.54, 1.807) is 0 Å². The van der Waals surface area contributed by atoms with Crippen LogP contribution >= 0.6 is 0 Å². The normalized spacial score (nSPS) is 10.8. The van der Waals surface area contributed by atoms with Gasteiger partial charge in [-0.15, -0.1) is 0 Å². The minimum atomic E-state index is 0.461. The molecule has 0 saturated carbocycles. The minimum Gasteiger partial charge on any atom is -0.357 e. The molecule has 1 rings (SSSR count). The Morgan fingerprint density at radius 2 is 1.64 bits per heavy atom. The highest BCUT2D eigenvalue weighted by molar-refractivity contribution is 5.48. The molecule has 1 aromatic heterocycles. The van der Waals surface area contributed by atoms with Crippen LogP contribution in [0.1, 0.15) is 30.9 Å². The second kappa shape index (κ2) is 3.95. The van der Waals surface area contributed by atoms with E-state index in [9.17, 15) is 0 Å². The summed E-state index contributed by atoms with van der Waals surface area (Å²) < 4.78 is 0. The zero-order chi connectivity index (χ0) is 10.9. The summed E-state index contributed by atoms with van der Waals surface area (Å²) in [7, 11) is 2.07. The van der Waals surface area contributed by atoms with Gasteiger partial charge in [0.15, 0.2) is 0 Å². The van der Waals surface area contributed by atoms with Crippen molar-refractivity contribution in [1.82, 2.24) is 9.97 Å². The van der Waals surface area contributed by atoms with E-state index in [-0.39, 0.29) is 0 Å². The van der Waals surface area contributed by atoms with Crippen molar-refractivity contribution in [1.29, 1.82) is 0 Å². The zero-order valence-electron chi connectivity index (χ0n) is 9.92. The maximum Gasteiger partial charge on any atom is 0.135 e. The van der Waals surface area contributed by atoms with Crippen molar-refractivity contribution >= 4 is 5.82 Å². The van der Waals surface area contributed by atoms with E-state index < -0.39 is 0 Å². The molecule has 1 aromatic rings. The smallest absolute Gasteiger partial charge is 0.135 e. The van der Waals surface area contributed by atoms with Gasteiger partial charge in [-0.25, -0.2) is 9.97 Å². The Balaban J connectivity index is 3.20. The molecule has 0 spiro atoms. The Bertz CT molecular complexity index is 332. The molecule has 0 amide bonds. The van der Waals surface area contributed by atoms with Crippen LogP contribution in [-0.4, -0.2) is 23.1 Å². The minimum absolute atomic E-state index is 0.461. The molecule has 14 heavy (non-hydrogen) atoms. The number of aryl methyl sites for hydroxylation is 2. The summed E-state index contributed by atoms with van der Waals surface area (Å²) in [4.78, 5) is 11.0. The van der Waals surface area contributed by atoms with E-state index >= 15 is 0 Å². The zero-order valence-corrected chi connectivity index (χ0v) is 9.92. The summed E-state index contributed by atoms with van der Waals surface area (Å²) in [5.41, 5.74) is 2.24. The van der Waals surface area contributed by atoms with Crippen molar-refractivity contribution in [3.63, 3.8) is 0 Å². The molecule has 1 heterocycles. The van der Waals surface area contributed by atoms with Crippen LogP contribution in [0.2, 0.25) is 0 Å². The Morgan fingerprint density at radius 3 is 2.14 bits per heavy atom. The first kappa shape index (κ1) is 11.0. The lowest BCUT2D eigenvalue weighted by Crippen LogP contribution is -2.28. The topological polar surface area (TPSA) is 29.0 Å². The van der Waals surface area contributed by atoms with Crippen LogP contribution in [-0.2, 0) is 0 Å². The van der Waals surface area contributed by atoms with Crippen molar-refractivity contribution < 1.29 is 0 Å². The molecule has 0 aliphatic carbocycles. The van der Waals surface area contributed by atoms with Crippen molar-refractivity contribution in [3.05, 3.63) is 17.1 Å². The van der Waals surface area contributed by atoms with Gasteiger partial charge in [-0.1, -0.05) is 0 Å². The second-order valence-electron chi connectivity index (χ2n) is 4.01. The molecule has 0 aliphatic heterocycles. The largest absolute Gasteiger partial charge is 0.357 e. The summed E-state index contributed by atoms with van der Waals surface area (Å²) in [6.45, 7) is 10.4. The van der Waals surface area contributed by atoms with E-state index in [0.717, 1.165) is 17.3 Å². The molecule has 0 fully saturated rings. The van der Waals surface area contributed by atoms with Gasteiger partial charge in [-0.3, -0.25) is 0 Å². The van der Waals surface area contributed by atoms with Gasteiger partial charge < -0.3 is 4.90 Å². The van der Waals surface area contributed by atoms with Crippen molar-refractivity contribution in [2.24, 2.45) is 0 Å². The Hall–Kier alpha value is -1.12. The Kier molecular flexibility index (Phi) is 3.09. The average molecular weight is 193 g/mol. The SMILES string of the molecule is Cc1nc(C)c(C)c(N(C)C(C)C)n1. The fourth-order valence-corrected chi connectivity index (χ4v) is 1.34. The third-order valence-corrected chi connectivity index (χ3v) is 2.58. The fraction of sp³-hybridized carbons (Fsp3) is 0.636. The summed E-state index contributed by atoms with van der Waals surface area (Å²) in [5, 5.41) is 0. The number of anilines is 1. The van der Waals surface area contributed by atoms with Gasteiger partial charge in [0.1, 0.15) is 11.6 Å². The van der Waals surface area contributed by atoms with Gasteiger partial charge >= 0.3 is 0 Å². The second-order valence-corrected chi connectivity index (χ2v) is 4.01. The fourth-order valence-electron chi connectivity index (χ4n) is 1.34. The highest BCUT2D eigenvalue weighted by atomic mass is 15.2. The molecule has 0 saturated heterocycles. The van der Waals surface area contributed by atoms with Crippen molar-refractivity contribution in [2.75, 3.05) is 11.9 Å². The van der Waals surface area contributed by atoms with E-state index in [0.29, 0.717) is 6.04 Å². The van der Waals surface area contributed by atoms with Crippen LogP contribution in [0.25, 0.3) is 0 Å². The van der Waals surface area contributed by atoms with E-state index in [1.165, 1.54) is 5.56 Å². The summed E-state index contributed by atoms with van der Waals surface area (Å²) in [6, 6.07) is 0.461. The first-order chi connectivity index (χ1) is 6.43. The molecule has 0 aliphatic rings. The number of hydrogen-bond donors (Lipinski definition) is 0. The highest BCUT2D eigenvalue weighted by Gasteiger charge is 2.12. The monoisotopic (exact) mass is 193 g/mol. The first-order valence-electron chi connectivity index (χ1n) is 4.98. The Morgan fingerprint density at radius 1 is 1.07 bits per heavy atom. The van der Waals surface area contributed by atoms with Gasteiger partial charge in [0.25, 0.3) is 0 Å². The number of rotatable bonds is 2. The molecule has 0 bridgehead atoms. The van der Waals surface area contributed by atoms with Crippen LogP contribution in [0.3, 0.4) is 0 Å². The van der Waals surface area contributed by atoms with Crippen LogP contribution in [0.4, 0.5) is 5.82 Å². The predicted molar refractivity (Wildman–Crippen MR) is 59.8 cm³/mol. The van der Waals surface area contributed by atoms with Gasteiger partial charge in [-0.2, -0.15) is 0 Å². The third kappa shape index (κ3) is 2.03. The maximum absolute atomic E-state index is 4.47. The standard InChI is InChI=1S/C11H19N3/c1-7(2)14(6)11-8(3)9(4)12-10(5)13-11/h7H,1-6H3. The van der Waals surface area contributed by atoms with Crippen LogP contribution in [0.5, 0.6) is 0 Å². The lowest BCUT2D eigenvalue weighted by Gasteiger charge is -2.25. The molecule has 0 aromatic carbocycles. The quantitative estimate of drug-likeness (QED) is 0.721. The number of aromatic nitrogens is 2. The lowest BCUT2D eigenvalue weighted by molar-refractivity contribution is 0.733. The molecule has 0 unspecified atom stereocenters. The molecule has 0 radical (unpaired) electrons. The Labute approximate surface area is 86.2 Å². The van der Waals surface area contributed by atoms with Crippen LogP contribution in [0.15, 0.2) is 0 Å². The van der Waals surface area contributed by atoms with Gasteiger partial charge in [0.2, 0.25) is 0 Å². The highest BCUT2D eigenvalue weighted by Crippen LogP contribution is 2.19. The van der Waals surface area contributed by atoms with Crippen LogP contribution < -0.4 is 4.90 Å². The number of hydrogen-bond acceptors (Lipinski definition) is 3.